The Morgan fingerprint density at radius 2 is 1.60 bits per heavy atom. The highest BCUT2D eigenvalue weighted by atomic mass is 16.5. The number of methoxy groups -OCH3 is 1. The van der Waals surface area contributed by atoms with Crippen LogP contribution in [0.4, 0.5) is 21.9 Å². The summed E-state index contributed by atoms with van der Waals surface area (Å²) in [4.78, 5) is 24.0. The Kier molecular flexibility index (Phi) is 6.39. The Morgan fingerprint density at radius 1 is 0.960 bits per heavy atom. The molecule has 2 aromatic carbocycles. The quantitative estimate of drug-likeness (QED) is 0.729. The maximum atomic E-state index is 12.2. The Labute approximate surface area is 147 Å². The van der Waals surface area contributed by atoms with Crippen molar-refractivity contribution in [3.8, 4) is 5.75 Å². The van der Waals surface area contributed by atoms with Crippen molar-refractivity contribution in [3.63, 3.8) is 0 Å². The second kappa shape index (κ2) is 8.73. The molecule has 0 saturated heterocycles. The van der Waals surface area contributed by atoms with E-state index in [4.69, 9.17) is 4.74 Å². The number of rotatable bonds is 6. The van der Waals surface area contributed by atoms with Crippen LogP contribution in [-0.4, -0.2) is 19.0 Å². The fraction of sp³-hybridized carbons (Fsp3) is 0.263. The van der Waals surface area contributed by atoms with Crippen LogP contribution in [0.2, 0.25) is 0 Å². The van der Waals surface area contributed by atoms with Crippen molar-refractivity contribution in [3.05, 3.63) is 48.0 Å². The minimum absolute atomic E-state index is 0.0366. The highest BCUT2D eigenvalue weighted by Crippen LogP contribution is 2.24. The Balaban J connectivity index is 2.03. The van der Waals surface area contributed by atoms with Crippen molar-refractivity contribution in [1.82, 2.24) is 0 Å². The van der Waals surface area contributed by atoms with E-state index in [-0.39, 0.29) is 11.9 Å². The molecule has 0 heterocycles. The maximum Gasteiger partial charge on any atom is 0.323 e. The molecule has 25 heavy (non-hydrogen) atoms. The molecule has 3 N–H and O–H groups in total. The summed E-state index contributed by atoms with van der Waals surface area (Å²) in [5.41, 5.74) is 2.79. The molecule has 0 spiro atoms. The van der Waals surface area contributed by atoms with Gasteiger partial charge in [0.2, 0.25) is 5.91 Å². The fourth-order valence-electron chi connectivity index (χ4n) is 2.31. The summed E-state index contributed by atoms with van der Waals surface area (Å²) in [6, 6.07) is 12.1. The second-order valence-electron chi connectivity index (χ2n) is 5.58. The molecule has 3 amide bonds. The molecule has 2 aromatic rings. The normalized spacial score (nSPS) is 10.0. The van der Waals surface area contributed by atoms with Gasteiger partial charge in [0.25, 0.3) is 0 Å². The first-order valence-corrected chi connectivity index (χ1v) is 8.15. The van der Waals surface area contributed by atoms with Gasteiger partial charge in [-0.05, 0) is 55.3 Å². The van der Waals surface area contributed by atoms with E-state index in [1.165, 1.54) is 0 Å². The molecule has 0 atom stereocenters. The number of hydrogen-bond donors (Lipinski definition) is 3. The van der Waals surface area contributed by atoms with Crippen molar-refractivity contribution in [2.24, 2.45) is 0 Å². The molecule has 0 bridgehead atoms. The van der Waals surface area contributed by atoms with Gasteiger partial charge in [-0.3, -0.25) is 4.79 Å². The summed E-state index contributed by atoms with van der Waals surface area (Å²) in [6.45, 7) is 3.80. The molecular formula is C19H23N3O3. The van der Waals surface area contributed by atoms with Gasteiger partial charge in [-0.2, -0.15) is 0 Å². The van der Waals surface area contributed by atoms with Gasteiger partial charge < -0.3 is 20.7 Å². The monoisotopic (exact) mass is 341 g/mol. The summed E-state index contributed by atoms with van der Waals surface area (Å²) >= 11 is 0. The van der Waals surface area contributed by atoms with Gasteiger partial charge in [0, 0.05) is 23.5 Å². The van der Waals surface area contributed by atoms with E-state index in [0.29, 0.717) is 23.5 Å². The Morgan fingerprint density at radius 3 is 2.20 bits per heavy atom. The molecule has 0 aliphatic rings. The first-order chi connectivity index (χ1) is 12.0. The molecule has 132 valence electrons. The van der Waals surface area contributed by atoms with Gasteiger partial charge in [-0.1, -0.05) is 13.0 Å². The molecule has 6 nitrogen and oxygen atoms in total. The molecule has 6 heteroatoms. The Bertz CT molecular complexity index is 742. The van der Waals surface area contributed by atoms with E-state index in [9.17, 15) is 9.59 Å². The highest BCUT2D eigenvalue weighted by molar-refractivity contribution is 6.01. The van der Waals surface area contributed by atoms with Crippen molar-refractivity contribution < 1.29 is 14.3 Å². The zero-order valence-electron chi connectivity index (χ0n) is 14.7. The summed E-state index contributed by atoms with van der Waals surface area (Å²) in [5.74, 6) is 0.683. The number of urea groups is 1. The van der Waals surface area contributed by atoms with Crippen LogP contribution in [0.25, 0.3) is 0 Å². The summed E-state index contributed by atoms with van der Waals surface area (Å²) in [6.07, 6.45) is 1.25. The molecule has 0 aliphatic carbocycles. The smallest absolute Gasteiger partial charge is 0.323 e. The molecule has 0 aromatic heterocycles. The van der Waals surface area contributed by atoms with E-state index in [0.717, 1.165) is 17.7 Å². The average Bonchev–Trinajstić information content (AvgIpc) is 2.59. The lowest BCUT2D eigenvalue weighted by Crippen LogP contribution is -2.20. The van der Waals surface area contributed by atoms with E-state index in [1.54, 1.807) is 43.5 Å². The predicted octanol–water partition coefficient (Wildman–Crippen LogP) is 4.39. The standard InChI is InChI=1S/C19H23N3O3/c1-4-6-18(23)21-16-7-5-8-17(13(16)2)22-19(24)20-14-9-11-15(25-3)12-10-14/h5,7-12H,4,6H2,1-3H3,(H,21,23)(H2,20,22,24). The van der Waals surface area contributed by atoms with Gasteiger partial charge in [0.15, 0.2) is 0 Å². The molecule has 0 radical (unpaired) electrons. The number of amides is 3. The number of anilines is 3. The maximum absolute atomic E-state index is 12.2. The van der Waals surface area contributed by atoms with E-state index >= 15 is 0 Å². The summed E-state index contributed by atoms with van der Waals surface area (Å²) < 4.78 is 5.08. The number of ether oxygens (including phenoxy) is 1. The number of carbonyl (C=O) groups excluding carboxylic acids is 2. The SMILES string of the molecule is CCCC(=O)Nc1cccc(NC(=O)Nc2ccc(OC)cc2)c1C. The lowest BCUT2D eigenvalue weighted by atomic mass is 10.1. The van der Waals surface area contributed by atoms with E-state index in [2.05, 4.69) is 16.0 Å². The predicted molar refractivity (Wildman–Crippen MR) is 100 cm³/mol. The van der Waals surface area contributed by atoms with Crippen molar-refractivity contribution in [2.45, 2.75) is 26.7 Å². The fourth-order valence-corrected chi connectivity index (χ4v) is 2.31. The number of hydrogen-bond acceptors (Lipinski definition) is 3. The second-order valence-corrected chi connectivity index (χ2v) is 5.58. The van der Waals surface area contributed by atoms with Crippen LogP contribution >= 0.6 is 0 Å². The van der Waals surface area contributed by atoms with Crippen molar-refractivity contribution in [2.75, 3.05) is 23.1 Å². The third kappa shape index (κ3) is 5.24. The van der Waals surface area contributed by atoms with Crippen LogP contribution in [-0.2, 0) is 4.79 Å². The minimum Gasteiger partial charge on any atom is -0.497 e. The molecule has 2 rings (SSSR count). The lowest BCUT2D eigenvalue weighted by molar-refractivity contribution is -0.116. The topological polar surface area (TPSA) is 79.5 Å². The van der Waals surface area contributed by atoms with Crippen molar-refractivity contribution in [1.29, 1.82) is 0 Å². The third-order valence-corrected chi connectivity index (χ3v) is 3.68. The lowest BCUT2D eigenvalue weighted by Gasteiger charge is -2.14. The van der Waals surface area contributed by atoms with Crippen LogP contribution in [0.1, 0.15) is 25.3 Å². The highest BCUT2D eigenvalue weighted by Gasteiger charge is 2.10. The largest absolute Gasteiger partial charge is 0.497 e. The zero-order chi connectivity index (χ0) is 18.2. The minimum atomic E-state index is -0.356. The molecular weight excluding hydrogens is 318 g/mol. The van der Waals surface area contributed by atoms with Crippen LogP contribution in [0.5, 0.6) is 5.75 Å². The first kappa shape index (κ1) is 18.3. The number of benzene rings is 2. The molecule has 0 fully saturated rings. The zero-order valence-corrected chi connectivity index (χ0v) is 14.7. The summed E-state index contributed by atoms with van der Waals surface area (Å²) in [5, 5.41) is 8.42. The first-order valence-electron chi connectivity index (χ1n) is 8.15. The van der Waals surface area contributed by atoms with Gasteiger partial charge in [-0.25, -0.2) is 4.79 Å². The van der Waals surface area contributed by atoms with E-state index in [1.807, 2.05) is 19.9 Å². The molecule has 0 saturated carbocycles. The number of carbonyl (C=O) groups is 2. The summed E-state index contributed by atoms with van der Waals surface area (Å²) in [7, 11) is 1.59. The third-order valence-electron chi connectivity index (χ3n) is 3.68. The molecule has 0 unspecified atom stereocenters. The average molecular weight is 341 g/mol. The molecule has 0 aliphatic heterocycles. The van der Waals surface area contributed by atoms with Gasteiger partial charge in [0.05, 0.1) is 7.11 Å². The number of nitrogens with one attached hydrogen (secondary N) is 3. The van der Waals surface area contributed by atoms with Gasteiger partial charge in [-0.15, -0.1) is 0 Å². The Hall–Kier alpha value is -3.02. The van der Waals surface area contributed by atoms with Crippen molar-refractivity contribution >= 4 is 29.0 Å². The van der Waals surface area contributed by atoms with Crippen LogP contribution in [0.3, 0.4) is 0 Å². The van der Waals surface area contributed by atoms with Gasteiger partial charge >= 0.3 is 6.03 Å². The van der Waals surface area contributed by atoms with Crippen LogP contribution < -0.4 is 20.7 Å². The van der Waals surface area contributed by atoms with Crippen LogP contribution in [0, 0.1) is 6.92 Å². The van der Waals surface area contributed by atoms with Crippen LogP contribution in [0.15, 0.2) is 42.5 Å². The van der Waals surface area contributed by atoms with E-state index < -0.39 is 0 Å². The van der Waals surface area contributed by atoms with Gasteiger partial charge in [0.1, 0.15) is 5.75 Å².